The van der Waals surface area contributed by atoms with E-state index in [1.54, 1.807) is 0 Å². The molecule has 0 amide bonds. The predicted molar refractivity (Wildman–Crippen MR) is 149 cm³/mol. The van der Waals surface area contributed by atoms with Crippen LogP contribution in [0.25, 0.3) is 0 Å². The quantitative estimate of drug-likeness (QED) is 0.212. The molecule has 2 aromatic carbocycles. The van der Waals surface area contributed by atoms with Crippen molar-refractivity contribution in [3.8, 4) is 11.5 Å². The molecule has 18 heteroatoms. The molecule has 4 N–H and O–H groups in total. The van der Waals surface area contributed by atoms with Gasteiger partial charge in [-0.3, -0.25) is 0 Å². The number of halogens is 12. The van der Waals surface area contributed by atoms with E-state index in [2.05, 4.69) is 60.9 Å². The van der Waals surface area contributed by atoms with Gasteiger partial charge in [0, 0.05) is 11.1 Å². The van der Waals surface area contributed by atoms with Crippen LogP contribution in [0.1, 0.15) is 60.8 Å². The molecule has 0 radical (unpaired) electrons. The summed E-state index contributed by atoms with van der Waals surface area (Å²) in [5.74, 6) is 2.09. The summed E-state index contributed by atoms with van der Waals surface area (Å²) >= 11 is 0. The number of nitrogens with two attached hydrogens (primary N) is 2. The minimum absolute atomic E-state index is 0.744. The predicted octanol–water partition coefficient (Wildman–Crippen LogP) is 10.0. The van der Waals surface area contributed by atoms with Gasteiger partial charge in [-0.2, -0.15) is 0 Å². The van der Waals surface area contributed by atoms with Gasteiger partial charge in [-0.15, -0.1) is 0 Å². The summed E-state index contributed by atoms with van der Waals surface area (Å²) in [5.41, 5.74) is 5.25. The van der Waals surface area contributed by atoms with Gasteiger partial charge in [-0.25, -0.2) is 0 Å². The van der Waals surface area contributed by atoms with Crippen molar-refractivity contribution < 1.29 is 70.5 Å². The van der Waals surface area contributed by atoms with Gasteiger partial charge in [0.05, 0.1) is 26.3 Å². The average molecular weight is 703 g/mol. The van der Waals surface area contributed by atoms with E-state index in [4.69, 9.17) is 9.47 Å². The maximum absolute atomic E-state index is 10.7. The van der Waals surface area contributed by atoms with Crippen LogP contribution in [0.2, 0.25) is 0 Å². The summed E-state index contributed by atoms with van der Waals surface area (Å²) < 4.78 is 131. The molecule has 0 spiro atoms. The van der Waals surface area contributed by atoms with Crippen LogP contribution in [-0.2, 0) is 13.1 Å². The van der Waals surface area contributed by atoms with E-state index < -0.39 is 15.6 Å². The van der Waals surface area contributed by atoms with Gasteiger partial charge in [0.1, 0.15) is 24.6 Å². The van der Waals surface area contributed by atoms with E-state index in [9.17, 15) is 50.4 Å². The van der Waals surface area contributed by atoms with Gasteiger partial charge >= 0.3 is 66.0 Å². The fourth-order valence-electron chi connectivity index (χ4n) is 4.03. The Bertz CT molecular complexity index is 1080. The van der Waals surface area contributed by atoms with Crippen LogP contribution in [0.4, 0.5) is 50.4 Å². The fraction of sp³-hybridized carbons (Fsp3) is 0.538. The Hall–Kier alpha value is -2.02. The topological polar surface area (TPSA) is 51.7 Å². The van der Waals surface area contributed by atoms with Gasteiger partial charge in [0.25, 0.3) is 0 Å². The zero-order valence-electron chi connectivity index (χ0n) is 24.4. The molecule has 44 heavy (non-hydrogen) atoms. The number of hydrogen-bond donors (Lipinski definition) is 2. The van der Waals surface area contributed by atoms with Crippen molar-refractivity contribution >= 4 is 15.6 Å². The Kier molecular flexibility index (Phi) is 12.9. The molecule has 0 aromatic heterocycles. The molecule has 1 aliphatic rings. The second-order valence-corrected chi connectivity index (χ2v) is 14.4. The number of rotatable bonds is 0. The minimum atomic E-state index is -10.7. The Morgan fingerprint density at radius 3 is 1.14 bits per heavy atom. The molecule has 2 aromatic rings. The van der Waals surface area contributed by atoms with Gasteiger partial charge in [-0.05, 0) is 76.6 Å². The number of fused-ring (bicyclic) bond motifs is 2. The van der Waals surface area contributed by atoms with Gasteiger partial charge in [-0.1, -0.05) is 23.3 Å². The Labute approximate surface area is 248 Å². The van der Waals surface area contributed by atoms with Crippen LogP contribution in [0, 0.1) is 13.8 Å². The third kappa shape index (κ3) is 28.7. The van der Waals surface area contributed by atoms with Crippen molar-refractivity contribution in [3.63, 3.8) is 0 Å². The zero-order chi connectivity index (χ0) is 33.8. The monoisotopic (exact) mass is 702 g/mol. The van der Waals surface area contributed by atoms with E-state index in [1.807, 2.05) is 0 Å². The van der Waals surface area contributed by atoms with Gasteiger partial charge < -0.3 is 20.1 Å². The zero-order valence-corrected chi connectivity index (χ0v) is 26.1. The molecule has 260 valence electrons. The van der Waals surface area contributed by atoms with E-state index in [-0.39, 0.29) is 0 Å². The Morgan fingerprint density at radius 1 is 0.500 bits per heavy atom. The van der Waals surface area contributed by atoms with E-state index >= 15 is 0 Å². The maximum atomic E-state index is 9.87. The first-order valence-electron chi connectivity index (χ1n) is 13.8. The van der Waals surface area contributed by atoms with Crippen LogP contribution in [-0.4, -0.2) is 26.3 Å². The molecular formula is C26H40F12N2O2P2. The summed E-state index contributed by atoms with van der Waals surface area (Å²) in [5, 5.41) is 4.86. The van der Waals surface area contributed by atoms with Crippen molar-refractivity contribution in [2.45, 2.75) is 65.5 Å². The molecule has 0 saturated heterocycles. The molecular weight excluding hydrogens is 662 g/mol. The summed E-state index contributed by atoms with van der Waals surface area (Å²) in [6, 6.07) is 13.1. The fourth-order valence-corrected chi connectivity index (χ4v) is 4.03. The number of ether oxygens (including phenoxy) is 2. The molecule has 0 fully saturated rings. The van der Waals surface area contributed by atoms with Gasteiger partial charge in [0.2, 0.25) is 0 Å². The second kappa shape index (κ2) is 14.2. The van der Waals surface area contributed by atoms with Crippen molar-refractivity contribution in [1.29, 1.82) is 0 Å². The van der Waals surface area contributed by atoms with E-state index in [1.165, 1.54) is 61.0 Å². The SMILES string of the molecule is Cc1ccc2c(c1)C[NH2+]CCCCCC[NH2+]Cc1cc(C)ccc1OCCCCO2.F[P-](F)(F)(F)(F)F.F[P-](F)(F)(F)(F)F. The Morgan fingerprint density at radius 2 is 0.818 bits per heavy atom. The van der Waals surface area contributed by atoms with Crippen molar-refractivity contribution in [2.75, 3.05) is 26.3 Å². The molecule has 3 rings (SSSR count). The van der Waals surface area contributed by atoms with Crippen LogP contribution in [0.5, 0.6) is 11.5 Å². The standard InChI is InChI=1S/C26H38N2O2.2F6P/c1-21-9-11-25-23(17-21)19-27-13-5-3-4-6-14-28-20-24-18-22(2)10-12-26(24)30-16-8-7-15-29-25;2*1-7(2,3,4,5)6/h9-12,17-18,27-28H,3-8,13-16,19-20H2,1-2H3;;/q;2*-1/p+2. The van der Waals surface area contributed by atoms with Crippen LogP contribution >= 0.6 is 15.6 Å². The normalized spacial score (nSPS) is 19.4. The number of hydrogen-bond acceptors (Lipinski definition) is 2. The van der Waals surface area contributed by atoms with Gasteiger partial charge in [0.15, 0.2) is 0 Å². The first-order chi connectivity index (χ1) is 19.6. The van der Waals surface area contributed by atoms with E-state index in [0.29, 0.717) is 0 Å². The third-order valence-electron chi connectivity index (χ3n) is 5.78. The third-order valence-corrected chi connectivity index (χ3v) is 5.78. The molecule has 0 unspecified atom stereocenters. The molecule has 0 atom stereocenters. The summed E-state index contributed by atoms with van der Waals surface area (Å²) in [6.07, 6.45) is 7.23. The molecule has 1 heterocycles. The summed E-state index contributed by atoms with van der Waals surface area (Å²) in [4.78, 5) is 0. The Balaban J connectivity index is 0.000000574. The number of aryl methyl sites for hydroxylation is 2. The van der Waals surface area contributed by atoms with Crippen molar-refractivity contribution in [2.24, 2.45) is 0 Å². The summed E-state index contributed by atoms with van der Waals surface area (Å²) in [6.45, 7) is 10.2. The molecule has 0 saturated carbocycles. The van der Waals surface area contributed by atoms with Crippen LogP contribution in [0.15, 0.2) is 36.4 Å². The molecule has 4 nitrogen and oxygen atoms in total. The molecule has 0 aliphatic carbocycles. The first-order valence-corrected chi connectivity index (χ1v) is 17.9. The second-order valence-electron chi connectivity index (χ2n) is 10.5. The summed E-state index contributed by atoms with van der Waals surface area (Å²) in [7, 11) is -21.3. The number of quaternary nitrogens is 2. The molecule has 1 aliphatic heterocycles. The molecule has 0 bridgehead atoms. The first kappa shape index (κ1) is 40.0. The van der Waals surface area contributed by atoms with Crippen LogP contribution < -0.4 is 20.1 Å². The number of benzene rings is 2. The van der Waals surface area contributed by atoms with Crippen LogP contribution in [0.3, 0.4) is 0 Å². The van der Waals surface area contributed by atoms with E-state index in [0.717, 1.165) is 50.6 Å². The average Bonchev–Trinajstić information content (AvgIpc) is 2.80. The van der Waals surface area contributed by atoms with Crippen molar-refractivity contribution in [3.05, 3.63) is 58.7 Å². The van der Waals surface area contributed by atoms with Crippen molar-refractivity contribution in [1.82, 2.24) is 0 Å².